The number of hydrogen-bond donors (Lipinski definition) is 0. The second kappa shape index (κ2) is 10.4. The Labute approximate surface area is 189 Å². The van der Waals surface area contributed by atoms with Crippen LogP contribution in [0.1, 0.15) is 47.4 Å². The summed E-state index contributed by atoms with van der Waals surface area (Å²) in [5, 5.41) is 3.98. The van der Waals surface area contributed by atoms with E-state index in [4.69, 9.17) is 9.26 Å². The summed E-state index contributed by atoms with van der Waals surface area (Å²) in [4.78, 5) is 18.7. The van der Waals surface area contributed by atoms with Crippen molar-refractivity contribution in [3.63, 3.8) is 0 Å². The molecule has 3 aromatic rings. The zero-order valence-electron chi connectivity index (χ0n) is 18.9. The van der Waals surface area contributed by atoms with Gasteiger partial charge in [-0.2, -0.15) is 0 Å². The smallest absolute Gasteiger partial charge is 0.222 e. The van der Waals surface area contributed by atoms with Crippen LogP contribution in [0, 0.1) is 19.8 Å². The number of nitrogens with zero attached hydrogens (tertiary/aromatic N) is 3. The van der Waals surface area contributed by atoms with Gasteiger partial charge in [0.15, 0.2) is 0 Å². The first kappa shape index (κ1) is 22.1. The zero-order chi connectivity index (χ0) is 22.3. The quantitative estimate of drug-likeness (QED) is 0.516. The molecule has 1 fully saturated rings. The normalized spacial score (nSPS) is 14.5. The Bertz CT molecular complexity index is 987. The van der Waals surface area contributed by atoms with E-state index in [1.807, 2.05) is 30.9 Å². The molecule has 0 saturated carbocycles. The number of benzene rings is 1. The molecule has 1 aromatic carbocycles. The molecule has 3 heterocycles. The van der Waals surface area contributed by atoms with Crippen LogP contribution in [0.15, 0.2) is 53.3 Å². The van der Waals surface area contributed by atoms with Crippen molar-refractivity contribution in [3.8, 4) is 5.75 Å². The lowest BCUT2D eigenvalue weighted by Crippen LogP contribution is -2.39. The third kappa shape index (κ3) is 5.75. The topological polar surface area (TPSA) is 68.5 Å². The molecule has 0 N–H and O–H groups in total. The summed E-state index contributed by atoms with van der Waals surface area (Å²) in [5.74, 6) is 2.47. The van der Waals surface area contributed by atoms with E-state index in [9.17, 15) is 4.79 Å². The van der Waals surface area contributed by atoms with Crippen LogP contribution in [0.25, 0.3) is 0 Å². The van der Waals surface area contributed by atoms with Crippen LogP contribution in [0.5, 0.6) is 5.75 Å². The van der Waals surface area contributed by atoms with E-state index in [-0.39, 0.29) is 5.91 Å². The zero-order valence-corrected chi connectivity index (χ0v) is 18.9. The summed E-state index contributed by atoms with van der Waals surface area (Å²) < 4.78 is 11.0. The van der Waals surface area contributed by atoms with Gasteiger partial charge in [-0.15, -0.1) is 0 Å². The molecule has 0 atom stereocenters. The second-order valence-electron chi connectivity index (χ2n) is 8.62. The molecule has 2 aromatic heterocycles. The molecule has 4 rings (SSSR count). The molecular weight excluding hydrogens is 402 g/mol. The Morgan fingerprint density at radius 3 is 2.53 bits per heavy atom. The number of ether oxygens (including phenoxy) is 1. The van der Waals surface area contributed by atoms with E-state index in [2.05, 4.69) is 34.4 Å². The van der Waals surface area contributed by atoms with Crippen LogP contribution in [0.2, 0.25) is 0 Å². The summed E-state index contributed by atoms with van der Waals surface area (Å²) in [6, 6.07) is 12.5. The molecule has 1 aliphatic heterocycles. The van der Waals surface area contributed by atoms with Crippen LogP contribution >= 0.6 is 0 Å². The highest BCUT2D eigenvalue weighted by molar-refractivity contribution is 5.76. The largest absolute Gasteiger partial charge is 0.487 e. The third-order valence-electron chi connectivity index (χ3n) is 6.32. The summed E-state index contributed by atoms with van der Waals surface area (Å²) >= 11 is 0. The van der Waals surface area contributed by atoms with Gasteiger partial charge in [-0.05, 0) is 68.7 Å². The maximum absolute atomic E-state index is 12.6. The average Bonchev–Trinajstić information content (AvgIpc) is 3.15. The Kier molecular flexibility index (Phi) is 7.20. The van der Waals surface area contributed by atoms with Crippen molar-refractivity contribution < 1.29 is 14.1 Å². The summed E-state index contributed by atoms with van der Waals surface area (Å²) in [6.07, 6.45) is 7.87. The predicted molar refractivity (Wildman–Crippen MR) is 122 cm³/mol. The number of amides is 1. The van der Waals surface area contributed by atoms with E-state index in [0.717, 1.165) is 60.7 Å². The number of rotatable bonds is 8. The molecule has 6 nitrogen and oxygen atoms in total. The number of likely N-dealkylation sites (tertiary alicyclic amines) is 1. The van der Waals surface area contributed by atoms with Gasteiger partial charge in [-0.3, -0.25) is 9.78 Å². The fourth-order valence-corrected chi connectivity index (χ4v) is 4.34. The molecule has 1 amide bonds. The lowest BCUT2D eigenvalue weighted by Gasteiger charge is -2.32. The maximum atomic E-state index is 12.6. The molecule has 0 spiro atoms. The Hall–Kier alpha value is -3.15. The standard InChI is InChI=1S/C26H31N3O3/c1-19-25(20(2)32-28-19)9-10-26(30)29-14-11-22(12-15-29)16-21-5-7-23(8-6-21)18-31-24-4-3-13-27-17-24/h3-8,13,17,22H,9-12,14-16,18H2,1-2H3. The Balaban J connectivity index is 1.19. The van der Waals surface area contributed by atoms with Crippen molar-refractivity contribution in [3.05, 3.63) is 76.9 Å². The van der Waals surface area contributed by atoms with Gasteiger partial charge in [0.1, 0.15) is 18.1 Å². The van der Waals surface area contributed by atoms with E-state index in [1.165, 1.54) is 5.56 Å². The molecule has 1 saturated heterocycles. The van der Waals surface area contributed by atoms with Crippen LogP contribution in [-0.4, -0.2) is 34.0 Å². The SMILES string of the molecule is Cc1noc(C)c1CCC(=O)N1CCC(Cc2ccc(COc3cccnc3)cc2)CC1. The lowest BCUT2D eigenvalue weighted by atomic mass is 9.89. The van der Waals surface area contributed by atoms with Gasteiger partial charge in [0, 0.05) is 31.3 Å². The van der Waals surface area contributed by atoms with Crippen molar-refractivity contribution >= 4 is 5.91 Å². The number of piperidine rings is 1. The van der Waals surface area contributed by atoms with Gasteiger partial charge in [0.05, 0.1) is 11.9 Å². The molecular formula is C26H31N3O3. The van der Waals surface area contributed by atoms with Crippen molar-refractivity contribution in [1.82, 2.24) is 15.0 Å². The first-order valence-electron chi connectivity index (χ1n) is 11.4. The lowest BCUT2D eigenvalue weighted by molar-refractivity contribution is -0.132. The highest BCUT2D eigenvalue weighted by Crippen LogP contribution is 2.23. The molecule has 0 bridgehead atoms. The van der Waals surface area contributed by atoms with E-state index >= 15 is 0 Å². The summed E-state index contributed by atoms with van der Waals surface area (Å²) in [7, 11) is 0. The number of aryl methyl sites for hydroxylation is 2. The first-order valence-corrected chi connectivity index (χ1v) is 11.4. The molecule has 32 heavy (non-hydrogen) atoms. The number of aromatic nitrogens is 2. The minimum atomic E-state index is 0.237. The van der Waals surface area contributed by atoms with E-state index in [1.54, 1.807) is 12.4 Å². The van der Waals surface area contributed by atoms with Crippen LogP contribution in [-0.2, 0) is 24.2 Å². The van der Waals surface area contributed by atoms with Crippen molar-refractivity contribution in [2.45, 2.75) is 52.6 Å². The first-order chi connectivity index (χ1) is 15.6. The Morgan fingerprint density at radius 2 is 1.88 bits per heavy atom. The van der Waals surface area contributed by atoms with Gasteiger partial charge >= 0.3 is 0 Å². The van der Waals surface area contributed by atoms with Gasteiger partial charge in [-0.25, -0.2) is 0 Å². The molecule has 1 aliphatic rings. The van der Waals surface area contributed by atoms with Gasteiger partial charge in [-0.1, -0.05) is 29.4 Å². The highest BCUT2D eigenvalue weighted by Gasteiger charge is 2.23. The molecule has 0 unspecified atom stereocenters. The molecule has 0 radical (unpaired) electrons. The number of hydrogen-bond acceptors (Lipinski definition) is 5. The molecule has 168 valence electrons. The third-order valence-corrected chi connectivity index (χ3v) is 6.32. The van der Waals surface area contributed by atoms with Gasteiger partial charge in [0.2, 0.25) is 5.91 Å². The van der Waals surface area contributed by atoms with Crippen LogP contribution < -0.4 is 4.74 Å². The maximum Gasteiger partial charge on any atom is 0.222 e. The second-order valence-corrected chi connectivity index (χ2v) is 8.62. The fourth-order valence-electron chi connectivity index (χ4n) is 4.34. The highest BCUT2D eigenvalue weighted by atomic mass is 16.5. The van der Waals surface area contributed by atoms with E-state index < -0.39 is 0 Å². The van der Waals surface area contributed by atoms with Crippen molar-refractivity contribution in [1.29, 1.82) is 0 Å². The predicted octanol–water partition coefficient (Wildman–Crippen LogP) is 4.68. The van der Waals surface area contributed by atoms with Crippen molar-refractivity contribution in [2.75, 3.05) is 13.1 Å². The molecule has 0 aliphatic carbocycles. The molecule has 6 heteroatoms. The monoisotopic (exact) mass is 433 g/mol. The Morgan fingerprint density at radius 1 is 1.12 bits per heavy atom. The minimum Gasteiger partial charge on any atom is -0.487 e. The van der Waals surface area contributed by atoms with Crippen molar-refractivity contribution in [2.24, 2.45) is 5.92 Å². The fraction of sp³-hybridized carbons (Fsp3) is 0.423. The van der Waals surface area contributed by atoms with Crippen LogP contribution in [0.3, 0.4) is 0 Å². The van der Waals surface area contributed by atoms with E-state index in [0.29, 0.717) is 25.4 Å². The van der Waals surface area contributed by atoms with Gasteiger partial charge in [0.25, 0.3) is 0 Å². The summed E-state index contributed by atoms with van der Waals surface area (Å²) in [5.41, 5.74) is 4.46. The van der Waals surface area contributed by atoms with Crippen LogP contribution in [0.4, 0.5) is 0 Å². The summed E-state index contributed by atoms with van der Waals surface area (Å²) in [6.45, 7) is 6.08. The average molecular weight is 434 g/mol. The van der Waals surface area contributed by atoms with Gasteiger partial charge < -0.3 is 14.2 Å². The number of carbonyl (C=O) groups is 1. The number of pyridine rings is 1. The minimum absolute atomic E-state index is 0.237. The number of carbonyl (C=O) groups excluding carboxylic acids is 1.